The molecule has 9 nitrogen and oxygen atoms in total. The highest BCUT2D eigenvalue weighted by Crippen LogP contribution is 2.25. The standard InChI is InChI=1S/C16H25N5O4S/c1-18-14(7-8-17-18)20-11-5-6-13(16(20)23)21(26(2,24)25)12-15(22)19-9-3-4-10-19/h7-8,13H,3-6,9-12H2,1-2H3/t13-/m1/s1. The van der Waals surface area contributed by atoms with Crippen molar-refractivity contribution in [2.45, 2.75) is 31.7 Å². The van der Waals surface area contributed by atoms with Crippen LogP contribution < -0.4 is 4.90 Å². The van der Waals surface area contributed by atoms with Gasteiger partial charge >= 0.3 is 0 Å². The first-order chi connectivity index (χ1) is 12.3. The second kappa shape index (κ2) is 7.36. The number of sulfonamides is 1. The van der Waals surface area contributed by atoms with Crippen LogP contribution in [0.15, 0.2) is 12.3 Å². The Balaban J connectivity index is 1.82. The van der Waals surface area contributed by atoms with Gasteiger partial charge in [0.15, 0.2) is 0 Å². The number of hydrogen-bond acceptors (Lipinski definition) is 5. The normalized spacial score (nSPS) is 21.7. The highest BCUT2D eigenvalue weighted by atomic mass is 32.2. The van der Waals surface area contributed by atoms with E-state index >= 15 is 0 Å². The summed E-state index contributed by atoms with van der Waals surface area (Å²) in [5.41, 5.74) is 0. The molecule has 0 radical (unpaired) electrons. The summed E-state index contributed by atoms with van der Waals surface area (Å²) in [6, 6.07) is 0.862. The van der Waals surface area contributed by atoms with Crippen molar-refractivity contribution in [2.75, 3.05) is 37.3 Å². The van der Waals surface area contributed by atoms with Crippen LogP contribution in [0.5, 0.6) is 0 Å². The van der Waals surface area contributed by atoms with Crippen LogP contribution in [-0.4, -0.2) is 77.7 Å². The van der Waals surface area contributed by atoms with Crippen molar-refractivity contribution >= 4 is 27.7 Å². The number of likely N-dealkylation sites (tertiary alicyclic amines) is 1. The van der Waals surface area contributed by atoms with Crippen LogP contribution in [0.3, 0.4) is 0 Å². The molecular weight excluding hydrogens is 358 g/mol. The quantitative estimate of drug-likeness (QED) is 0.702. The third kappa shape index (κ3) is 3.75. The number of aromatic nitrogens is 2. The molecule has 3 rings (SSSR count). The summed E-state index contributed by atoms with van der Waals surface area (Å²) in [6.45, 7) is 1.52. The molecule has 2 fully saturated rings. The summed E-state index contributed by atoms with van der Waals surface area (Å²) < 4.78 is 27.4. The molecule has 10 heteroatoms. The van der Waals surface area contributed by atoms with Gasteiger partial charge in [0.2, 0.25) is 21.8 Å². The topological polar surface area (TPSA) is 95.8 Å². The van der Waals surface area contributed by atoms with Gasteiger partial charge in [-0.1, -0.05) is 0 Å². The summed E-state index contributed by atoms with van der Waals surface area (Å²) in [5, 5.41) is 4.08. The van der Waals surface area contributed by atoms with Gasteiger partial charge in [-0.25, -0.2) is 8.42 Å². The first-order valence-corrected chi connectivity index (χ1v) is 10.7. The molecule has 0 bridgehead atoms. The second-order valence-electron chi connectivity index (χ2n) is 6.86. The van der Waals surface area contributed by atoms with Gasteiger partial charge in [-0.05, 0) is 25.7 Å². The minimum atomic E-state index is -3.71. The molecule has 1 aromatic rings. The molecule has 26 heavy (non-hydrogen) atoms. The highest BCUT2D eigenvalue weighted by Gasteiger charge is 2.40. The summed E-state index contributed by atoms with van der Waals surface area (Å²) in [5.74, 6) is 0.0805. The molecule has 1 atom stereocenters. The zero-order valence-electron chi connectivity index (χ0n) is 15.2. The van der Waals surface area contributed by atoms with Gasteiger partial charge in [0, 0.05) is 32.7 Å². The molecular formula is C16H25N5O4S. The molecule has 1 aromatic heterocycles. The zero-order valence-corrected chi connectivity index (χ0v) is 16.0. The Morgan fingerprint density at radius 2 is 1.96 bits per heavy atom. The Bertz CT molecular complexity index is 784. The van der Waals surface area contributed by atoms with E-state index in [1.54, 1.807) is 33.8 Å². The van der Waals surface area contributed by atoms with E-state index in [0.717, 1.165) is 23.4 Å². The van der Waals surface area contributed by atoms with Gasteiger partial charge in [-0.3, -0.25) is 19.2 Å². The maximum absolute atomic E-state index is 13.0. The smallest absolute Gasteiger partial charge is 0.246 e. The van der Waals surface area contributed by atoms with Crippen LogP contribution in [0.25, 0.3) is 0 Å². The van der Waals surface area contributed by atoms with Gasteiger partial charge in [0.05, 0.1) is 19.0 Å². The van der Waals surface area contributed by atoms with Crippen molar-refractivity contribution in [1.82, 2.24) is 19.0 Å². The van der Waals surface area contributed by atoms with E-state index in [1.807, 2.05) is 0 Å². The maximum Gasteiger partial charge on any atom is 0.246 e. The van der Waals surface area contributed by atoms with E-state index in [4.69, 9.17) is 0 Å². The number of aryl methyl sites for hydroxylation is 1. The SMILES string of the molecule is Cn1nccc1N1CCC[C@@H](N(CC(=O)N2CCCC2)S(C)(=O)=O)C1=O. The van der Waals surface area contributed by atoms with E-state index in [1.165, 1.54) is 0 Å². The molecule has 0 N–H and O–H groups in total. The molecule has 2 saturated heterocycles. The van der Waals surface area contributed by atoms with Crippen molar-refractivity contribution in [2.24, 2.45) is 7.05 Å². The van der Waals surface area contributed by atoms with Crippen LogP contribution in [0.2, 0.25) is 0 Å². The van der Waals surface area contributed by atoms with Crippen LogP contribution >= 0.6 is 0 Å². The number of amides is 2. The second-order valence-corrected chi connectivity index (χ2v) is 8.79. The number of nitrogens with zero attached hydrogens (tertiary/aromatic N) is 5. The predicted molar refractivity (Wildman–Crippen MR) is 95.9 cm³/mol. The Morgan fingerprint density at radius 3 is 2.54 bits per heavy atom. The Morgan fingerprint density at radius 1 is 1.27 bits per heavy atom. The third-order valence-corrected chi connectivity index (χ3v) is 6.24. The summed E-state index contributed by atoms with van der Waals surface area (Å²) >= 11 is 0. The van der Waals surface area contributed by atoms with Gasteiger partial charge in [-0.15, -0.1) is 0 Å². The average Bonchev–Trinajstić information content (AvgIpc) is 3.24. The number of carbonyl (C=O) groups is 2. The lowest BCUT2D eigenvalue weighted by atomic mass is 10.0. The number of piperidine rings is 1. The van der Waals surface area contributed by atoms with Crippen molar-refractivity contribution in [3.8, 4) is 0 Å². The highest BCUT2D eigenvalue weighted by molar-refractivity contribution is 7.88. The number of rotatable bonds is 5. The largest absolute Gasteiger partial charge is 0.342 e. The summed E-state index contributed by atoms with van der Waals surface area (Å²) in [4.78, 5) is 28.7. The van der Waals surface area contributed by atoms with E-state index in [-0.39, 0.29) is 18.4 Å². The molecule has 2 aliphatic heterocycles. The van der Waals surface area contributed by atoms with E-state index < -0.39 is 16.1 Å². The zero-order chi connectivity index (χ0) is 18.9. The number of carbonyl (C=O) groups excluding carboxylic acids is 2. The van der Waals surface area contributed by atoms with Crippen LogP contribution in [0, 0.1) is 0 Å². The van der Waals surface area contributed by atoms with Crippen molar-refractivity contribution < 1.29 is 18.0 Å². The summed E-state index contributed by atoms with van der Waals surface area (Å²) in [6.07, 6.45) is 5.58. The Labute approximate surface area is 153 Å². The lowest BCUT2D eigenvalue weighted by molar-refractivity contribution is -0.131. The monoisotopic (exact) mass is 383 g/mol. The van der Waals surface area contributed by atoms with Crippen molar-refractivity contribution in [3.05, 3.63) is 12.3 Å². The van der Waals surface area contributed by atoms with Gasteiger partial charge < -0.3 is 4.90 Å². The van der Waals surface area contributed by atoms with Gasteiger partial charge in [0.1, 0.15) is 11.9 Å². The van der Waals surface area contributed by atoms with E-state index in [0.29, 0.717) is 38.3 Å². The third-order valence-electron chi connectivity index (χ3n) is 5.01. The molecule has 0 aliphatic carbocycles. The van der Waals surface area contributed by atoms with E-state index in [9.17, 15) is 18.0 Å². The fourth-order valence-corrected chi connectivity index (χ4v) is 4.64. The average molecular weight is 383 g/mol. The first-order valence-electron chi connectivity index (χ1n) is 8.83. The molecule has 0 unspecified atom stereocenters. The first kappa shape index (κ1) is 18.8. The Kier molecular flexibility index (Phi) is 5.33. The minimum absolute atomic E-state index is 0.238. The number of anilines is 1. The Hall–Kier alpha value is -1.94. The summed E-state index contributed by atoms with van der Waals surface area (Å²) in [7, 11) is -1.97. The molecule has 2 amide bonds. The van der Waals surface area contributed by atoms with Crippen LogP contribution in [-0.2, 0) is 26.7 Å². The fraction of sp³-hybridized carbons (Fsp3) is 0.688. The minimum Gasteiger partial charge on any atom is -0.342 e. The molecule has 0 aromatic carbocycles. The molecule has 0 spiro atoms. The molecule has 3 heterocycles. The molecule has 0 saturated carbocycles. The van der Waals surface area contributed by atoms with Crippen LogP contribution in [0.4, 0.5) is 5.82 Å². The van der Waals surface area contributed by atoms with Gasteiger partial charge in [-0.2, -0.15) is 9.40 Å². The van der Waals surface area contributed by atoms with Crippen molar-refractivity contribution in [3.63, 3.8) is 0 Å². The van der Waals surface area contributed by atoms with Gasteiger partial charge in [0.25, 0.3) is 0 Å². The van der Waals surface area contributed by atoms with Crippen LogP contribution in [0.1, 0.15) is 25.7 Å². The fourth-order valence-electron chi connectivity index (χ4n) is 3.64. The van der Waals surface area contributed by atoms with E-state index in [2.05, 4.69) is 5.10 Å². The lowest BCUT2D eigenvalue weighted by Gasteiger charge is -2.37. The maximum atomic E-state index is 13.0. The van der Waals surface area contributed by atoms with Crippen molar-refractivity contribution in [1.29, 1.82) is 0 Å². The number of hydrogen-bond donors (Lipinski definition) is 0. The molecule has 2 aliphatic rings. The lowest BCUT2D eigenvalue weighted by Crippen LogP contribution is -2.56. The molecule has 144 valence electrons. The predicted octanol–water partition coefficient (Wildman–Crippen LogP) is -0.200.